The Kier molecular flexibility index (Phi) is 5.91. The Bertz CT molecular complexity index is 1140. The van der Waals surface area contributed by atoms with Crippen LogP contribution in [0.4, 0.5) is 28.9 Å². The third kappa shape index (κ3) is 4.00. The van der Waals surface area contributed by atoms with E-state index >= 15 is 0 Å². The van der Waals surface area contributed by atoms with Crippen molar-refractivity contribution in [1.29, 1.82) is 5.26 Å². The summed E-state index contributed by atoms with van der Waals surface area (Å²) in [5, 5.41) is 8.89. The number of carbonyl (C=O) groups is 1. The first-order valence-corrected chi connectivity index (χ1v) is 9.96. The fourth-order valence-electron chi connectivity index (χ4n) is 3.44. The number of anilines is 2. The van der Waals surface area contributed by atoms with Crippen LogP contribution in [0.15, 0.2) is 36.4 Å². The number of nitriles is 1. The Hall–Kier alpha value is -3.19. The van der Waals surface area contributed by atoms with E-state index in [-0.39, 0.29) is 28.3 Å². The summed E-state index contributed by atoms with van der Waals surface area (Å²) in [7, 11) is 0. The zero-order valence-electron chi connectivity index (χ0n) is 17.6. The fraction of sp³-hybridized carbons (Fsp3) is 0.318. The molecule has 0 aromatic heterocycles. The first-order chi connectivity index (χ1) is 14.8. The van der Waals surface area contributed by atoms with Gasteiger partial charge in [0.1, 0.15) is 5.54 Å². The van der Waals surface area contributed by atoms with Crippen LogP contribution in [-0.2, 0) is 11.0 Å². The van der Waals surface area contributed by atoms with Gasteiger partial charge in [-0.25, -0.2) is 4.39 Å². The topological polar surface area (TPSA) is 56.6 Å². The molecule has 10 heteroatoms. The lowest BCUT2D eigenvalue weighted by atomic mass is 10.0. The van der Waals surface area contributed by atoms with Crippen LogP contribution in [-0.4, -0.2) is 22.7 Å². The Labute approximate surface area is 187 Å². The highest BCUT2D eigenvalue weighted by molar-refractivity contribution is 7.81. The zero-order chi connectivity index (χ0) is 24.0. The van der Waals surface area contributed by atoms with Gasteiger partial charge in [-0.15, -0.1) is 0 Å². The van der Waals surface area contributed by atoms with E-state index < -0.39 is 34.6 Å². The number of hydrogen-bond acceptors (Lipinski definition) is 4. The van der Waals surface area contributed by atoms with Gasteiger partial charge in [0, 0.05) is 11.8 Å². The molecule has 2 aromatic rings. The number of rotatable bonds is 4. The fourth-order valence-corrected chi connectivity index (χ4v) is 3.96. The van der Waals surface area contributed by atoms with Gasteiger partial charge in [-0.1, -0.05) is 0 Å². The Balaban J connectivity index is 2.07. The summed E-state index contributed by atoms with van der Waals surface area (Å²) in [4.78, 5) is 15.5. The van der Waals surface area contributed by atoms with Crippen molar-refractivity contribution in [2.75, 3.05) is 9.80 Å². The number of nitrogens with zero attached hydrogens (tertiary/aromatic N) is 3. The first-order valence-electron chi connectivity index (χ1n) is 9.55. The van der Waals surface area contributed by atoms with Crippen LogP contribution in [0.3, 0.4) is 0 Å². The van der Waals surface area contributed by atoms with Gasteiger partial charge in [0.2, 0.25) is 0 Å². The number of amides is 1. The number of alkyl halides is 3. The van der Waals surface area contributed by atoms with E-state index in [4.69, 9.17) is 22.2 Å². The van der Waals surface area contributed by atoms with E-state index in [0.717, 1.165) is 17.0 Å². The average molecular weight is 465 g/mol. The number of thiocarbonyl (C=S) groups is 1. The second-order valence-electron chi connectivity index (χ2n) is 7.94. The van der Waals surface area contributed by atoms with Crippen LogP contribution in [0.1, 0.15) is 38.8 Å². The van der Waals surface area contributed by atoms with Gasteiger partial charge in [0.15, 0.2) is 16.7 Å². The van der Waals surface area contributed by atoms with Crippen molar-refractivity contribution >= 4 is 34.6 Å². The number of carbonyl (C=O) groups excluding carboxylic acids is 1. The van der Waals surface area contributed by atoms with E-state index in [9.17, 15) is 22.4 Å². The van der Waals surface area contributed by atoms with E-state index in [1.54, 1.807) is 13.8 Å². The lowest BCUT2D eigenvalue weighted by Crippen LogP contribution is -2.44. The number of halogens is 4. The minimum Gasteiger partial charge on any atom is -0.488 e. The van der Waals surface area contributed by atoms with Crippen LogP contribution in [0.25, 0.3) is 0 Å². The maximum absolute atomic E-state index is 14.6. The maximum atomic E-state index is 14.6. The number of benzene rings is 2. The predicted octanol–water partition coefficient (Wildman–Crippen LogP) is 5.42. The summed E-state index contributed by atoms with van der Waals surface area (Å²) in [5.41, 5.74) is -2.95. The minimum absolute atomic E-state index is 0.0248. The highest BCUT2D eigenvalue weighted by Gasteiger charge is 2.50. The quantitative estimate of drug-likeness (QED) is 0.446. The maximum Gasteiger partial charge on any atom is 0.417 e. The Morgan fingerprint density at radius 2 is 1.75 bits per heavy atom. The van der Waals surface area contributed by atoms with Gasteiger partial charge in [-0.3, -0.25) is 9.69 Å². The van der Waals surface area contributed by atoms with E-state index in [0.29, 0.717) is 6.07 Å². The molecule has 1 aliphatic rings. The molecule has 168 valence electrons. The van der Waals surface area contributed by atoms with Crippen LogP contribution in [0, 0.1) is 17.1 Å². The number of hydrogen-bond donors (Lipinski definition) is 0. The molecule has 0 spiro atoms. The van der Waals surface area contributed by atoms with Crippen LogP contribution < -0.4 is 14.5 Å². The molecule has 3 rings (SSSR count). The van der Waals surface area contributed by atoms with Crippen molar-refractivity contribution in [2.24, 2.45) is 0 Å². The van der Waals surface area contributed by atoms with E-state index in [1.165, 1.54) is 43.0 Å². The van der Waals surface area contributed by atoms with Gasteiger partial charge in [0.25, 0.3) is 5.91 Å². The molecule has 0 saturated carbocycles. The lowest BCUT2D eigenvalue weighted by molar-refractivity contribution is -0.137. The van der Waals surface area contributed by atoms with E-state index in [2.05, 4.69) is 0 Å². The minimum atomic E-state index is -4.80. The third-order valence-electron chi connectivity index (χ3n) is 4.89. The zero-order valence-corrected chi connectivity index (χ0v) is 18.4. The van der Waals surface area contributed by atoms with Gasteiger partial charge in [-0.05, 0) is 70.2 Å². The summed E-state index contributed by atoms with van der Waals surface area (Å²) >= 11 is 5.43. The smallest absolute Gasteiger partial charge is 0.417 e. The van der Waals surface area contributed by atoms with Gasteiger partial charge >= 0.3 is 6.18 Å². The molecule has 0 bridgehead atoms. The van der Waals surface area contributed by atoms with Gasteiger partial charge < -0.3 is 9.64 Å². The van der Waals surface area contributed by atoms with Crippen LogP contribution in [0.2, 0.25) is 0 Å². The summed E-state index contributed by atoms with van der Waals surface area (Å²) in [6, 6.07) is 8.49. The lowest BCUT2D eigenvalue weighted by Gasteiger charge is -2.29. The molecule has 0 radical (unpaired) electrons. The summed E-state index contributed by atoms with van der Waals surface area (Å²) in [5.74, 6) is -1.24. The summed E-state index contributed by atoms with van der Waals surface area (Å²) in [6.07, 6.45) is -5.05. The van der Waals surface area contributed by atoms with E-state index in [1.807, 2.05) is 0 Å². The van der Waals surface area contributed by atoms with Crippen molar-refractivity contribution in [2.45, 2.75) is 45.5 Å². The molecule has 0 N–H and O–H groups in total. The molecule has 0 aliphatic carbocycles. The predicted molar refractivity (Wildman–Crippen MR) is 115 cm³/mol. The molecule has 0 unspecified atom stereocenters. The molecule has 1 aliphatic heterocycles. The third-order valence-corrected chi connectivity index (χ3v) is 5.26. The Morgan fingerprint density at radius 3 is 2.28 bits per heavy atom. The molecular weight excluding hydrogens is 446 g/mol. The Morgan fingerprint density at radius 1 is 1.12 bits per heavy atom. The molecule has 32 heavy (non-hydrogen) atoms. The summed E-state index contributed by atoms with van der Waals surface area (Å²) in [6.45, 7) is 6.56. The van der Waals surface area contributed by atoms with Crippen LogP contribution >= 0.6 is 12.2 Å². The summed E-state index contributed by atoms with van der Waals surface area (Å²) < 4.78 is 60.2. The van der Waals surface area contributed by atoms with Crippen LogP contribution in [0.5, 0.6) is 5.75 Å². The average Bonchev–Trinajstić information content (AvgIpc) is 2.86. The standard InChI is InChI=1S/C22H19F4N3O2S/c1-12(2)31-18-8-7-15(10-17(18)23)29-20(32)28(19(30)21(29,3)4)14-6-5-13(11-27)16(9-14)22(24,25)26/h5-10,12H,1-4H3. The van der Waals surface area contributed by atoms with Gasteiger partial charge in [-0.2, -0.15) is 18.4 Å². The normalized spacial score (nSPS) is 16.0. The molecule has 1 heterocycles. The van der Waals surface area contributed by atoms with Crippen molar-refractivity contribution in [3.05, 3.63) is 53.3 Å². The molecule has 1 saturated heterocycles. The largest absolute Gasteiger partial charge is 0.488 e. The highest BCUT2D eigenvalue weighted by atomic mass is 32.1. The second-order valence-corrected chi connectivity index (χ2v) is 8.30. The molecule has 2 aromatic carbocycles. The van der Waals surface area contributed by atoms with Crippen molar-refractivity contribution in [3.8, 4) is 11.8 Å². The molecular formula is C22H19F4N3O2S. The molecule has 5 nitrogen and oxygen atoms in total. The van der Waals surface area contributed by atoms with Crippen molar-refractivity contribution in [1.82, 2.24) is 0 Å². The van der Waals surface area contributed by atoms with Crippen molar-refractivity contribution < 1.29 is 27.1 Å². The monoisotopic (exact) mass is 465 g/mol. The van der Waals surface area contributed by atoms with Gasteiger partial charge in [0.05, 0.1) is 29.0 Å². The molecule has 1 amide bonds. The molecule has 1 fully saturated rings. The highest BCUT2D eigenvalue weighted by Crippen LogP contribution is 2.40. The van der Waals surface area contributed by atoms with Crippen molar-refractivity contribution in [3.63, 3.8) is 0 Å². The first kappa shape index (κ1) is 23.5. The second kappa shape index (κ2) is 8.06. The molecule has 0 atom stereocenters. The number of ether oxygens (including phenoxy) is 1. The SMILES string of the molecule is CC(C)Oc1ccc(N2C(=S)N(c3ccc(C#N)c(C(F)(F)F)c3)C(=O)C2(C)C)cc1F.